The standard InChI is InChI=1S/C12H24OS2/c1-4-6-8-14-11-12(10-13-3)15-9-7-5-2/h11H,4-10H2,1-3H3/b12-11-. The van der Waals surface area contributed by atoms with Crippen molar-refractivity contribution < 1.29 is 4.74 Å². The molecule has 0 amide bonds. The van der Waals surface area contributed by atoms with Crippen LogP contribution in [0.4, 0.5) is 0 Å². The van der Waals surface area contributed by atoms with Gasteiger partial charge in [0, 0.05) is 12.0 Å². The predicted octanol–water partition coefficient (Wildman–Crippen LogP) is 4.54. The molecule has 0 saturated heterocycles. The third-order valence-electron chi connectivity index (χ3n) is 1.90. The third-order valence-corrected chi connectivity index (χ3v) is 4.13. The normalized spacial score (nSPS) is 12.1. The van der Waals surface area contributed by atoms with Crippen molar-refractivity contribution in [3.05, 3.63) is 10.3 Å². The van der Waals surface area contributed by atoms with Crippen molar-refractivity contribution in [2.75, 3.05) is 25.2 Å². The Morgan fingerprint density at radius 1 is 1.13 bits per heavy atom. The van der Waals surface area contributed by atoms with Crippen LogP contribution in [-0.2, 0) is 4.74 Å². The average molecular weight is 248 g/mol. The van der Waals surface area contributed by atoms with Gasteiger partial charge in [0.05, 0.1) is 6.61 Å². The molecule has 0 fully saturated rings. The van der Waals surface area contributed by atoms with E-state index in [0.717, 1.165) is 6.61 Å². The minimum absolute atomic E-state index is 0.771. The summed E-state index contributed by atoms with van der Waals surface area (Å²) in [5.74, 6) is 2.46. The van der Waals surface area contributed by atoms with Crippen LogP contribution in [0.5, 0.6) is 0 Å². The minimum Gasteiger partial charge on any atom is -0.379 e. The number of hydrogen-bond donors (Lipinski definition) is 0. The monoisotopic (exact) mass is 248 g/mol. The lowest BCUT2D eigenvalue weighted by molar-refractivity contribution is 0.231. The predicted molar refractivity (Wildman–Crippen MR) is 74.7 cm³/mol. The van der Waals surface area contributed by atoms with Crippen molar-refractivity contribution in [3.63, 3.8) is 0 Å². The molecule has 0 radical (unpaired) electrons. The summed E-state index contributed by atoms with van der Waals surface area (Å²) < 4.78 is 5.19. The highest BCUT2D eigenvalue weighted by molar-refractivity contribution is 8.06. The van der Waals surface area contributed by atoms with Gasteiger partial charge in [0.15, 0.2) is 0 Å². The lowest BCUT2D eigenvalue weighted by Gasteiger charge is -2.05. The van der Waals surface area contributed by atoms with Crippen molar-refractivity contribution >= 4 is 23.5 Å². The van der Waals surface area contributed by atoms with Gasteiger partial charge >= 0.3 is 0 Å². The van der Waals surface area contributed by atoms with E-state index in [2.05, 4.69) is 19.3 Å². The summed E-state index contributed by atoms with van der Waals surface area (Å²) in [6.45, 7) is 5.24. The van der Waals surface area contributed by atoms with Crippen LogP contribution in [0, 0.1) is 0 Å². The first kappa shape index (κ1) is 15.4. The van der Waals surface area contributed by atoms with Gasteiger partial charge in [-0.25, -0.2) is 0 Å². The van der Waals surface area contributed by atoms with Gasteiger partial charge in [-0.15, -0.1) is 23.5 Å². The Labute approximate surface area is 103 Å². The molecular formula is C12H24OS2. The van der Waals surface area contributed by atoms with Crippen molar-refractivity contribution in [1.82, 2.24) is 0 Å². The zero-order valence-corrected chi connectivity index (χ0v) is 11.9. The minimum atomic E-state index is 0.771. The zero-order valence-electron chi connectivity index (χ0n) is 10.3. The lowest BCUT2D eigenvalue weighted by Crippen LogP contribution is -1.91. The largest absolute Gasteiger partial charge is 0.379 e. The second-order valence-electron chi connectivity index (χ2n) is 3.44. The summed E-state index contributed by atoms with van der Waals surface area (Å²) >= 11 is 3.87. The molecule has 0 unspecified atom stereocenters. The van der Waals surface area contributed by atoms with Gasteiger partial charge in [-0.2, -0.15) is 0 Å². The molecule has 0 rings (SSSR count). The van der Waals surface area contributed by atoms with Gasteiger partial charge in [0.2, 0.25) is 0 Å². The fourth-order valence-electron chi connectivity index (χ4n) is 0.979. The van der Waals surface area contributed by atoms with E-state index in [1.54, 1.807) is 7.11 Å². The number of thioether (sulfide) groups is 2. The molecule has 0 aliphatic heterocycles. The second-order valence-corrected chi connectivity index (χ2v) is 5.64. The Bertz CT molecular complexity index is 158. The van der Waals surface area contributed by atoms with Crippen molar-refractivity contribution in [2.45, 2.75) is 39.5 Å². The van der Waals surface area contributed by atoms with E-state index in [-0.39, 0.29) is 0 Å². The van der Waals surface area contributed by atoms with E-state index in [1.165, 1.54) is 42.1 Å². The highest BCUT2D eigenvalue weighted by Gasteiger charge is 1.97. The first-order valence-electron chi connectivity index (χ1n) is 5.77. The van der Waals surface area contributed by atoms with Gasteiger partial charge in [-0.05, 0) is 29.8 Å². The van der Waals surface area contributed by atoms with Gasteiger partial charge in [-0.3, -0.25) is 0 Å². The summed E-state index contributed by atoms with van der Waals surface area (Å²) in [6.07, 6.45) is 5.16. The summed E-state index contributed by atoms with van der Waals surface area (Å²) in [5, 5.41) is 2.28. The number of ether oxygens (including phenoxy) is 1. The molecule has 0 N–H and O–H groups in total. The van der Waals surface area contributed by atoms with Crippen molar-refractivity contribution in [3.8, 4) is 0 Å². The quantitative estimate of drug-likeness (QED) is 0.525. The Kier molecular flexibility index (Phi) is 12.8. The molecule has 1 nitrogen and oxygen atoms in total. The van der Waals surface area contributed by atoms with Crippen LogP contribution in [0.2, 0.25) is 0 Å². The molecular weight excluding hydrogens is 224 g/mol. The Morgan fingerprint density at radius 2 is 1.80 bits per heavy atom. The molecule has 15 heavy (non-hydrogen) atoms. The molecule has 0 aliphatic rings. The Hall–Kier alpha value is 0.400. The summed E-state index contributed by atoms with van der Waals surface area (Å²) in [5.41, 5.74) is 0. The van der Waals surface area contributed by atoms with E-state index in [4.69, 9.17) is 4.74 Å². The summed E-state index contributed by atoms with van der Waals surface area (Å²) in [6, 6.07) is 0. The van der Waals surface area contributed by atoms with Crippen molar-refractivity contribution in [2.24, 2.45) is 0 Å². The summed E-state index contributed by atoms with van der Waals surface area (Å²) in [7, 11) is 1.77. The van der Waals surface area contributed by atoms with Gasteiger partial charge in [0.1, 0.15) is 0 Å². The maximum Gasteiger partial charge on any atom is 0.0776 e. The number of unbranched alkanes of at least 4 members (excludes halogenated alkanes) is 2. The van der Waals surface area contributed by atoms with Crippen molar-refractivity contribution in [1.29, 1.82) is 0 Å². The molecule has 0 atom stereocenters. The topological polar surface area (TPSA) is 9.23 Å². The van der Waals surface area contributed by atoms with Crippen LogP contribution in [-0.4, -0.2) is 25.2 Å². The lowest BCUT2D eigenvalue weighted by atomic mass is 10.4. The molecule has 90 valence electrons. The zero-order chi connectivity index (χ0) is 11.4. The molecule has 0 aliphatic carbocycles. The fourth-order valence-corrected chi connectivity index (χ4v) is 3.18. The van der Waals surface area contributed by atoms with Gasteiger partial charge in [0.25, 0.3) is 0 Å². The molecule has 0 aromatic carbocycles. The highest BCUT2D eigenvalue weighted by Crippen LogP contribution is 2.21. The maximum absolute atomic E-state index is 5.19. The van der Waals surface area contributed by atoms with E-state index in [9.17, 15) is 0 Å². The number of hydrogen-bond acceptors (Lipinski definition) is 3. The van der Waals surface area contributed by atoms with Crippen LogP contribution in [0.25, 0.3) is 0 Å². The maximum atomic E-state index is 5.19. The Balaban J connectivity index is 3.68. The molecule has 0 spiro atoms. The average Bonchev–Trinajstić information content (AvgIpc) is 2.24. The number of methoxy groups -OCH3 is 1. The van der Waals surface area contributed by atoms with E-state index in [1.807, 2.05) is 23.5 Å². The van der Waals surface area contributed by atoms with Crippen LogP contribution < -0.4 is 0 Å². The molecule has 0 saturated carbocycles. The first-order valence-corrected chi connectivity index (χ1v) is 7.80. The summed E-state index contributed by atoms with van der Waals surface area (Å²) in [4.78, 5) is 1.38. The van der Waals surface area contributed by atoms with Crippen LogP contribution in [0.1, 0.15) is 39.5 Å². The molecule has 0 heterocycles. The number of rotatable bonds is 10. The highest BCUT2D eigenvalue weighted by atomic mass is 32.2. The molecule has 0 aromatic rings. The molecule has 0 aromatic heterocycles. The van der Waals surface area contributed by atoms with E-state index in [0.29, 0.717) is 0 Å². The third kappa shape index (κ3) is 10.7. The second kappa shape index (κ2) is 12.5. The van der Waals surface area contributed by atoms with Crippen LogP contribution >= 0.6 is 23.5 Å². The fraction of sp³-hybridized carbons (Fsp3) is 0.833. The van der Waals surface area contributed by atoms with E-state index < -0.39 is 0 Å². The SMILES string of the molecule is CCCCS/C=C(/COC)SCCCC. The smallest absolute Gasteiger partial charge is 0.0776 e. The van der Waals surface area contributed by atoms with Gasteiger partial charge in [-0.1, -0.05) is 26.7 Å². The van der Waals surface area contributed by atoms with Crippen LogP contribution in [0.15, 0.2) is 10.3 Å². The van der Waals surface area contributed by atoms with E-state index >= 15 is 0 Å². The Morgan fingerprint density at radius 3 is 2.40 bits per heavy atom. The molecule has 0 bridgehead atoms. The molecule has 3 heteroatoms. The van der Waals surface area contributed by atoms with Crippen LogP contribution in [0.3, 0.4) is 0 Å². The van der Waals surface area contributed by atoms with Gasteiger partial charge < -0.3 is 4.74 Å². The first-order chi connectivity index (χ1) is 7.35.